The van der Waals surface area contributed by atoms with Gasteiger partial charge in [-0.15, -0.1) is 0 Å². The van der Waals surface area contributed by atoms with Crippen LogP contribution in [0.2, 0.25) is 0 Å². The van der Waals surface area contributed by atoms with E-state index in [-0.39, 0.29) is 17.0 Å². The summed E-state index contributed by atoms with van der Waals surface area (Å²) in [7, 11) is 0. The van der Waals surface area contributed by atoms with Crippen LogP contribution in [0, 0.1) is 17.3 Å². The highest BCUT2D eigenvalue weighted by molar-refractivity contribution is 5.74. The summed E-state index contributed by atoms with van der Waals surface area (Å²) in [5.74, 6) is 1.42. The van der Waals surface area contributed by atoms with Crippen LogP contribution in [-0.4, -0.2) is 11.6 Å². The van der Waals surface area contributed by atoms with Gasteiger partial charge >= 0.3 is 5.97 Å². The van der Waals surface area contributed by atoms with Gasteiger partial charge in [0, 0.05) is 5.41 Å². The van der Waals surface area contributed by atoms with Gasteiger partial charge < -0.3 is 4.74 Å². The molecule has 0 aromatic rings. The van der Waals surface area contributed by atoms with Crippen LogP contribution in [0.25, 0.3) is 0 Å². The molecule has 0 aromatic carbocycles. The summed E-state index contributed by atoms with van der Waals surface area (Å²) in [5.41, 5.74) is 0.0417. The second kappa shape index (κ2) is 1.94. The van der Waals surface area contributed by atoms with Crippen LogP contribution < -0.4 is 0 Å². The molecule has 72 valence electrons. The Bertz CT molecular complexity index is 260. The van der Waals surface area contributed by atoms with Crippen molar-refractivity contribution < 1.29 is 9.53 Å². The van der Waals surface area contributed by atoms with Crippen molar-refractivity contribution in [3.05, 3.63) is 0 Å². The van der Waals surface area contributed by atoms with Gasteiger partial charge in [-0.05, 0) is 38.0 Å². The van der Waals surface area contributed by atoms with Gasteiger partial charge in [0.25, 0.3) is 0 Å². The topological polar surface area (TPSA) is 26.3 Å². The lowest BCUT2D eigenvalue weighted by Gasteiger charge is -2.41. The quantitative estimate of drug-likeness (QED) is 0.534. The van der Waals surface area contributed by atoms with Gasteiger partial charge in [-0.1, -0.05) is 6.92 Å². The summed E-state index contributed by atoms with van der Waals surface area (Å²) in [6.07, 6.45) is 4.53. The maximum atomic E-state index is 11.4. The van der Waals surface area contributed by atoms with E-state index in [4.69, 9.17) is 4.74 Å². The van der Waals surface area contributed by atoms with E-state index in [1.807, 2.05) is 0 Å². The fourth-order valence-electron chi connectivity index (χ4n) is 4.02. The normalized spacial score (nSPS) is 58.2. The van der Waals surface area contributed by atoms with E-state index in [9.17, 15) is 4.79 Å². The average Bonchev–Trinajstić information content (AvgIpc) is 2.59. The summed E-state index contributed by atoms with van der Waals surface area (Å²) in [5, 5.41) is 0. The Morgan fingerprint density at radius 1 is 1.31 bits per heavy atom. The molecular formula is C11H16O2. The van der Waals surface area contributed by atoms with Crippen molar-refractivity contribution in [3.8, 4) is 0 Å². The Balaban J connectivity index is 2.10. The van der Waals surface area contributed by atoms with Crippen LogP contribution in [-0.2, 0) is 9.53 Å². The van der Waals surface area contributed by atoms with Crippen molar-refractivity contribution in [2.45, 2.75) is 45.1 Å². The molecule has 1 saturated heterocycles. The molecule has 0 spiro atoms. The number of ether oxygens (including phenoxy) is 1. The van der Waals surface area contributed by atoms with E-state index in [0.717, 1.165) is 5.92 Å². The van der Waals surface area contributed by atoms with E-state index in [2.05, 4.69) is 13.8 Å². The lowest BCUT2D eigenvalue weighted by atomic mass is 9.65. The molecule has 1 aliphatic heterocycles. The summed E-state index contributed by atoms with van der Waals surface area (Å²) in [6.45, 7) is 4.41. The SMILES string of the molecule is C[C@@]12OC(=O)C[C@]1(C)C1CCC2C1. The Kier molecular flexibility index (Phi) is 1.17. The van der Waals surface area contributed by atoms with Gasteiger partial charge in [0.1, 0.15) is 5.60 Å². The summed E-state index contributed by atoms with van der Waals surface area (Å²) < 4.78 is 5.57. The molecule has 3 aliphatic rings. The molecule has 0 N–H and O–H groups in total. The maximum absolute atomic E-state index is 11.4. The second-order valence-electron chi connectivity index (χ2n) is 5.38. The van der Waals surface area contributed by atoms with Crippen molar-refractivity contribution in [1.82, 2.24) is 0 Å². The van der Waals surface area contributed by atoms with Gasteiger partial charge in [0.2, 0.25) is 0 Å². The molecule has 2 nitrogen and oxygen atoms in total. The molecule has 0 aromatic heterocycles. The van der Waals surface area contributed by atoms with Crippen molar-refractivity contribution in [3.63, 3.8) is 0 Å². The minimum absolute atomic E-state index is 0.0293. The summed E-state index contributed by atoms with van der Waals surface area (Å²) >= 11 is 0. The van der Waals surface area contributed by atoms with E-state index in [1.165, 1.54) is 19.3 Å². The monoisotopic (exact) mass is 180 g/mol. The zero-order valence-corrected chi connectivity index (χ0v) is 8.30. The summed E-state index contributed by atoms with van der Waals surface area (Å²) in [4.78, 5) is 11.4. The highest BCUT2D eigenvalue weighted by Crippen LogP contribution is 2.67. The average molecular weight is 180 g/mol. The Labute approximate surface area is 78.6 Å². The van der Waals surface area contributed by atoms with Crippen molar-refractivity contribution in [2.24, 2.45) is 17.3 Å². The third-order valence-electron chi connectivity index (χ3n) is 5.08. The summed E-state index contributed by atoms with van der Waals surface area (Å²) in [6, 6.07) is 0. The molecule has 4 atom stereocenters. The maximum Gasteiger partial charge on any atom is 0.307 e. The Morgan fingerprint density at radius 3 is 2.69 bits per heavy atom. The van der Waals surface area contributed by atoms with Crippen molar-refractivity contribution >= 4 is 5.97 Å². The largest absolute Gasteiger partial charge is 0.458 e. The number of carbonyl (C=O) groups is 1. The number of hydrogen-bond acceptors (Lipinski definition) is 2. The first kappa shape index (κ1) is 7.84. The van der Waals surface area contributed by atoms with E-state index in [0.29, 0.717) is 12.3 Å². The highest BCUT2D eigenvalue weighted by Gasteiger charge is 2.68. The Morgan fingerprint density at radius 2 is 2.00 bits per heavy atom. The molecule has 1 heterocycles. The predicted molar refractivity (Wildman–Crippen MR) is 48.1 cm³/mol. The van der Waals surface area contributed by atoms with Crippen LogP contribution >= 0.6 is 0 Å². The number of rotatable bonds is 0. The molecule has 13 heavy (non-hydrogen) atoms. The molecule has 2 bridgehead atoms. The van der Waals surface area contributed by atoms with E-state index >= 15 is 0 Å². The third kappa shape index (κ3) is 0.660. The zero-order valence-electron chi connectivity index (χ0n) is 8.30. The molecule has 3 rings (SSSR count). The molecule has 2 saturated carbocycles. The minimum atomic E-state index is -0.118. The first-order valence-electron chi connectivity index (χ1n) is 5.28. The smallest absolute Gasteiger partial charge is 0.307 e. The standard InChI is InChI=1S/C11H16O2/c1-10-6-9(12)13-11(10,2)8-4-3-7(10)5-8/h7-8H,3-6H2,1-2H3/t7?,8?,10-,11+/m1/s1. The molecule has 2 heteroatoms. The molecule has 0 amide bonds. The van der Waals surface area contributed by atoms with Crippen molar-refractivity contribution in [1.29, 1.82) is 0 Å². The van der Waals surface area contributed by atoms with Gasteiger partial charge in [-0.25, -0.2) is 0 Å². The molecule has 2 aliphatic carbocycles. The Hall–Kier alpha value is -0.530. The van der Waals surface area contributed by atoms with E-state index < -0.39 is 0 Å². The van der Waals surface area contributed by atoms with Crippen molar-refractivity contribution in [2.75, 3.05) is 0 Å². The first-order chi connectivity index (χ1) is 6.06. The van der Waals surface area contributed by atoms with Crippen LogP contribution in [0.1, 0.15) is 39.5 Å². The third-order valence-corrected chi connectivity index (χ3v) is 5.08. The van der Waals surface area contributed by atoms with Crippen LogP contribution in [0.15, 0.2) is 0 Å². The molecule has 3 fully saturated rings. The number of esters is 1. The number of fused-ring (bicyclic) bond motifs is 5. The van der Waals surface area contributed by atoms with Crippen LogP contribution in [0.4, 0.5) is 0 Å². The van der Waals surface area contributed by atoms with Crippen LogP contribution in [0.5, 0.6) is 0 Å². The van der Waals surface area contributed by atoms with Crippen LogP contribution in [0.3, 0.4) is 0 Å². The fourth-order valence-corrected chi connectivity index (χ4v) is 4.02. The van der Waals surface area contributed by atoms with Gasteiger partial charge in [0.15, 0.2) is 0 Å². The number of hydrogen-bond donors (Lipinski definition) is 0. The minimum Gasteiger partial charge on any atom is -0.458 e. The zero-order chi connectivity index (χ0) is 9.27. The van der Waals surface area contributed by atoms with Gasteiger partial charge in [-0.2, -0.15) is 0 Å². The lowest BCUT2D eigenvalue weighted by Crippen LogP contribution is -2.45. The molecule has 2 unspecified atom stereocenters. The van der Waals surface area contributed by atoms with Gasteiger partial charge in [0.05, 0.1) is 6.42 Å². The van der Waals surface area contributed by atoms with Gasteiger partial charge in [-0.3, -0.25) is 4.79 Å². The fraction of sp³-hybridized carbons (Fsp3) is 0.909. The highest BCUT2D eigenvalue weighted by atomic mass is 16.6. The second-order valence-corrected chi connectivity index (χ2v) is 5.38. The molecule has 0 radical (unpaired) electrons. The predicted octanol–water partition coefficient (Wildman–Crippen LogP) is 2.13. The molecular weight excluding hydrogens is 164 g/mol. The lowest BCUT2D eigenvalue weighted by molar-refractivity contribution is -0.154. The first-order valence-corrected chi connectivity index (χ1v) is 5.28. The number of carbonyl (C=O) groups excluding carboxylic acids is 1. The van der Waals surface area contributed by atoms with E-state index in [1.54, 1.807) is 0 Å².